The van der Waals surface area contributed by atoms with Crippen molar-refractivity contribution in [3.05, 3.63) is 53.8 Å². The van der Waals surface area contributed by atoms with E-state index in [2.05, 4.69) is 30.6 Å². The Balaban J connectivity index is 1.42. The second kappa shape index (κ2) is 8.60. The quantitative estimate of drug-likeness (QED) is 0.439. The summed E-state index contributed by atoms with van der Waals surface area (Å²) in [5, 5.41) is 16.4. The minimum Gasteiger partial charge on any atom is -0.378 e. The second-order valence-corrected chi connectivity index (χ2v) is 8.24. The first-order valence-electron chi connectivity index (χ1n) is 10.2. The van der Waals surface area contributed by atoms with Crippen LogP contribution in [0.1, 0.15) is 36.3 Å². The SMILES string of the molecule is CCO[C@H]1C[C@@H](n2cc(NC(=O)c3csc(-c4cn[nH]c4)n3)c(-c3ncccc3F)n2)C1. The number of rotatable bonds is 7. The molecule has 0 saturated heterocycles. The van der Waals surface area contributed by atoms with E-state index < -0.39 is 11.7 Å². The molecule has 1 aliphatic rings. The number of nitrogens with zero attached hydrogens (tertiary/aromatic N) is 5. The number of hydrogen-bond donors (Lipinski definition) is 2. The molecule has 1 amide bonds. The summed E-state index contributed by atoms with van der Waals surface area (Å²) in [7, 11) is 0. The first kappa shape index (κ1) is 20.5. The second-order valence-electron chi connectivity index (χ2n) is 7.39. The molecular weight excluding hydrogens is 433 g/mol. The number of anilines is 1. The monoisotopic (exact) mass is 453 g/mol. The third kappa shape index (κ3) is 3.92. The molecule has 0 spiro atoms. The van der Waals surface area contributed by atoms with E-state index in [1.807, 2.05) is 6.92 Å². The highest BCUT2D eigenvalue weighted by molar-refractivity contribution is 7.13. The molecule has 164 valence electrons. The molecule has 9 nitrogen and oxygen atoms in total. The van der Waals surface area contributed by atoms with Crippen LogP contribution in [0.5, 0.6) is 0 Å². The van der Waals surface area contributed by atoms with Gasteiger partial charge in [-0.25, -0.2) is 9.37 Å². The predicted molar refractivity (Wildman–Crippen MR) is 117 cm³/mol. The molecule has 1 saturated carbocycles. The van der Waals surface area contributed by atoms with Gasteiger partial charge in [0.05, 0.1) is 24.0 Å². The molecule has 4 aromatic rings. The lowest BCUT2D eigenvalue weighted by Crippen LogP contribution is -2.33. The van der Waals surface area contributed by atoms with Crippen LogP contribution in [0, 0.1) is 5.82 Å². The molecule has 2 N–H and O–H groups in total. The first-order valence-corrected chi connectivity index (χ1v) is 11.1. The number of pyridine rings is 1. The number of ether oxygens (including phenoxy) is 1. The van der Waals surface area contributed by atoms with Crippen molar-refractivity contribution < 1.29 is 13.9 Å². The fourth-order valence-corrected chi connectivity index (χ4v) is 4.38. The molecule has 32 heavy (non-hydrogen) atoms. The van der Waals surface area contributed by atoms with Gasteiger partial charge in [-0.05, 0) is 31.9 Å². The molecule has 11 heteroatoms. The van der Waals surface area contributed by atoms with E-state index in [4.69, 9.17) is 4.74 Å². The minimum absolute atomic E-state index is 0.0830. The fourth-order valence-electron chi connectivity index (χ4n) is 3.60. The summed E-state index contributed by atoms with van der Waals surface area (Å²) in [6, 6.07) is 2.95. The Morgan fingerprint density at radius 1 is 1.41 bits per heavy atom. The zero-order valence-corrected chi connectivity index (χ0v) is 18.0. The molecule has 4 heterocycles. The summed E-state index contributed by atoms with van der Waals surface area (Å²) in [6.45, 7) is 2.63. The molecule has 0 aromatic carbocycles. The van der Waals surface area contributed by atoms with Gasteiger partial charge >= 0.3 is 0 Å². The van der Waals surface area contributed by atoms with E-state index in [0.29, 0.717) is 17.3 Å². The highest BCUT2D eigenvalue weighted by atomic mass is 32.1. The summed E-state index contributed by atoms with van der Waals surface area (Å²) in [5.74, 6) is -0.918. The van der Waals surface area contributed by atoms with Gasteiger partial charge in [-0.2, -0.15) is 10.2 Å². The molecule has 4 aromatic heterocycles. The standard InChI is InChI=1S/C21H20FN7O2S/c1-2-31-14-6-13(7-14)29-10-16(19(28-29)18-15(22)4-3-5-23-18)26-20(30)17-11-32-21(27-17)12-8-24-25-9-12/h3-5,8-11,13-14H,2,6-7H2,1H3,(H,24,25)(H,26,30)/t13-,14+. The third-order valence-corrected chi connectivity index (χ3v) is 6.18. The molecular formula is C21H20FN7O2S. The van der Waals surface area contributed by atoms with E-state index in [1.165, 1.54) is 29.7 Å². The average Bonchev–Trinajstić information content (AvgIpc) is 3.51. The normalized spacial score (nSPS) is 17.8. The van der Waals surface area contributed by atoms with Crippen molar-refractivity contribution in [2.24, 2.45) is 0 Å². The zero-order chi connectivity index (χ0) is 22.1. The molecule has 1 aliphatic carbocycles. The van der Waals surface area contributed by atoms with E-state index in [0.717, 1.165) is 18.4 Å². The van der Waals surface area contributed by atoms with Gasteiger partial charge in [0.1, 0.15) is 22.1 Å². The van der Waals surface area contributed by atoms with Crippen molar-refractivity contribution in [2.75, 3.05) is 11.9 Å². The van der Waals surface area contributed by atoms with Gasteiger partial charge in [0.2, 0.25) is 0 Å². The van der Waals surface area contributed by atoms with Gasteiger partial charge < -0.3 is 10.1 Å². The summed E-state index contributed by atoms with van der Waals surface area (Å²) in [4.78, 5) is 21.4. The van der Waals surface area contributed by atoms with Gasteiger partial charge in [-0.15, -0.1) is 11.3 Å². The van der Waals surface area contributed by atoms with Crippen molar-refractivity contribution >= 4 is 22.9 Å². The smallest absolute Gasteiger partial charge is 0.275 e. The number of H-pyrrole nitrogens is 1. The van der Waals surface area contributed by atoms with E-state index in [-0.39, 0.29) is 29.2 Å². The van der Waals surface area contributed by atoms with Crippen LogP contribution in [0.2, 0.25) is 0 Å². The Labute approximate surface area is 186 Å². The van der Waals surface area contributed by atoms with Crippen molar-refractivity contribution in [2.45, 2.75) is 31.9 Å². The Morgan fingerprint density at radius 2 is 2.28 bits per heavy atom. The van der Waals surface area contributed by atoms with Crippen molar-refractivity contribution in [3.8, 4) is 22.0 Å². The average molecular weight is 454 g/mol. The van der Waals surface area contributed by atoms with E-state index >= 15 is 0 Å². The fraction of sp³-hybridized carbons (Fsp3) is 0.286. The Morgan fingerprint density at radius 3 is 3.03 bits per heavy atom. The zero-order valence-electron chi connectivity index (χ0n) is 17.2. The maximum Gasteiger partial charge on any atom is 0.275 e. The molecule has 0 radical (unpaired) electrons. The number of amides is 1. The van der Waals surface area contributed by atoms with Crippen LogP contribution in [-0.4, -0.2) is 48.6 Å². The van der Waals surface area contributed by atoms with Crippen LogP contribution in [0.25, 0.3) is 22.0 Å². The van der Waals surface area contributed by atoms with Gasteiger partial charge in [0.15, 0.2) is 5.82 Å². The maximum absolute atomic E-state index is 14.5. The van der Waals surface area contributed by atoms with Crippen molar-refractivity contribution in [1.29, 1.82) is 0 Å². The lowest BCUT2D eigenvalue weighted by Gasteiger charge is -2.34. The molecule has 1 fully saturated rings. The number of thiazole rings is 1. The number of aromatic nitrogens is 6. The van der Waals surface area contributed by atoms with Gasteiger partial charge in [-0.1, -0.05) is 0 Å². The number of carbonyl (C=O) groups excluding carboxylic acids is 1. The number of aromatic amines is 1. The first-order chi connectivity index (χ1) is 15.6. The van der Waals surface area contributed by atoms with Crippen LogP contribution in [0.15, 0.2) is 42.3 Å². The number of carbonyl (C=O) groups is 1. The summed E-state index contributed by atoms with van der Waals surface area (Å²) >= 11 is 1.34. The minimum atomic E-state index is -0.509. The maximum atomic E-state index is 14.5. The molecule has 0 atom stereocenters. The van der Waals surface area contributed by atoms with Gasteiger partial charge in [0.25, 0.3) is 5.91 Å². The summed E-state index contributed by atoms with van der Waals surface area (Å²) in [6.07, 6.45) is 8.38. The van der Waals surface area contributed by atoms with Crippen molar-refractivity contribution in [3.63, 3.8) is 0 Å². The molecule has 0 bridgehead atoms. The van der Waals surface area contributed by atoms with Crippen LogP contribution in [-0.2, 0) is 4.74 Å². The Bertz CT molecular complexity index is 1230. The van der Waals surface area contributed by atoms with E-state index in [9.17, 15) is 9.18 Å². The van der Waals surface area contributed by atoms with Crippen LogP contribution >= 0.6 is 11.3 Å². The molecule has 5 rings (SSSR count). The summed E-state index contributed by atoms with van der Waals surface area (Å²) in [5.41, 5.74) is 1.80. The Hall–Kier alpha value is -3.44. The van der Waals surface area contributed by atoms with Crippen LogP contribution in [0.4, 0.5) is 10.1 Å². The van der Waals surface area contributed by atoms with Crippen LogP contribution < -0.4 is 5.32 Å². The van der Waals surface area contributed by atoms with Crippen molar-refractivity contribution in [1.82, 2.24) is 29.9 Å². The highest BCUT2D eigenvalue weighted by Gasteiger charge is 2.33. The van der Waals surface area contributed by atoms with Gasteiger partial charge in [0, 0.05) is 36.1 Å². The lowest BCUT2D eigenvalue weighted by molar-refractivity contribution is -0.0226. The number of halogens is 1. The van der Waals surface area contributed by atoms with Crippen LogP contribution in [0.3, 0.4) is 0 Å². The predicted octanol–water partition coefficient (Wildman–Crippen LogP) is 3.92. The number of nitrogens with one attached hydrogen (secondary N) is 2. The lowest BCUT2D eigenvalue weighted by atomic mass is 9.89. The van der Waals surface area contributed by atoms with Gasteiger partial charge in [-0.3, -0.25) is 19.6 Å². The topological polar surface area (TPSA) is 111 Å². The third-order valence-electron chi connectivity index (χ3n) is 5.29. The molecule has 0 unspecified atom stereocenters. The number of hydrogen-bond acceptors (Lipinski definition) is 7. The largest absolute Gasteiger partial charge is 0.378 e. The Kier molecular flexibility index (Phi) is 5.50. The molecule has 0 aliphatic heterocycles. The highest BCUT2D eigenvalue weighted by Crippen LogP contribution is 2.37. The van der Waals surface area contributed by atoms with E-state index in [1.54, 1.807) is 28.7 Å². The summed E-state index contributed by atoms with van der Waals surface area (Å²) < 4.78 is 21.9.